The van der Waals surface area contributed by atoms with E-state index in [1.54, 1.807) is 24.3 Å². The van der Waals surface area contributed by atoms with E-state index in [0.29, 0.717) is 11.3 Å². The number of ether oxygens (including phenoxy) is 2. The van der Waals surface area contributed by atoms with Crippen molar-refractivity contribution in [3.8, 4) is 5.75 Å². The summed E-state index contributed by atoms with van der Waals surface area (Å²) in [6.45, 7) is -0.236. The zero-order valence-electron chi connectivity index (χ0n) is 9.16. The van der Waals surface area contributed by atoms with Gasteiger partial charge in [-0.15, -0.1) is 0 Å². The average molecular weight is 237 g/mol. The van der Waals surface area contributed by atoms with E-state index < -0.39 is 10.9 Å². The molecule has 0 spiro atoms. The van der Waals surface area contributed by atoms with Crippen molar-refractivity contribution in [3.05, 3.63) is 46.1 Å². The Bertz CT molecular complexity index is 441. The fourth-order valence-corrected chi connectivity index (χ4v) is 1.09. The van der Waals surface area contributed by atoms with Crippen LogP contribution in [0.25, 0.3) is 6.08 Å². The first-order valence-electron chi connectivity index (χ1n) is 4.74. The molecular weight excluding hydrogens is 226 g/mol. The lowest BCUT2D eigenvalue weighted by Gasteiger charge is -2.06. The summed E-state index contributed by atoms with van der Waals surface area (Å²) in [6.07, 6.45) is 2.10. The Kier molecular flexibility index (Phi) is 4.68. The molecule has 1 aromatic carbocycles. The third-order valence-electron chi connectivity index (χ3n) is 1.87. The molecular formula is C11H11NO5. The Labute approximate surface area is 97.6 Å². The Morgan fingerprint density at radius 3 is 2.82 bits per heavy atom. The van der Waals surface area contributed by atoms with Crippen molar-refractivity contribution in [2.24, 2.45) is 0 Å². The lowest BCUT2D eigenvalue weighted by Crippen LogP contribution is -2.12. The molecule has 0 unspecified atom stereocenters. The molecule has 0 bridgehead atoms. The Hall–Kier alpha value is -2.37. The standard InChI is InChI=1S/C11H11NO5/c1-16-11(13)8-17-10-5-3-2-4-9(10)6-7-12(14)15/h2-7H,8H2,1H3. The van der Waals surface area contributed by atoms with Gasteiger partial charge < -0.3 is 9.47 Å². The van der Waals surface area contributed by atoms with Crippen molar-refractivity contribution in [2.75, 3.05) is 13.7 Å². The van der Waals surface area contributed by atoms with E-state index in [9.17, 15) is 14.9 Å². The maximum absolute atomic E-state index is 10.9. The average Bonchev–Trinajstić information content (AvgIpc) is 2.34. The number of hydrogen-bond donors (Lipinski definition) is 0. The molecule has 6 nitrogen and oxygen atoms in total. The zero-order valence-corrected chi connectivity index (χ0v) is 9.16. The number of nitro groups is 1. The van der Waals surface area contributed by atoms with Crippen LogP contribution in [0.5, 0.6) is 5.75 Å². The molecule has 1 rings (SSSR count). The third kappa shape index (κ3) is 4.33. The molecule has 0 saturated carbocycles. The second kappa shape index (κ2) is 6.26. The molecule has 1 aromatic rings. The van der Waals surface area contributed by atoms with E-state index in [1.807, 2.05) is 0 Å². The highest BCUT2D eigenvalue weighted by Crippen LogP contribution is 2.19. The van der Waals surface area contributed by atoms with E-state index in [4.69, 9.17) is 4.74 Å². The molecule has 17 heavy (non-hydrogen) atoms. The highest BCUT2D eigenvalue weighted by Gasteiger charge is 2.05. The predicted octanol–water partition coefficient (Wildman–Crippen LogP) is 1.49. The van der Waals surface area contributed by atoms with Crippen LogP contribution in [0, 0.1) is 10.1 Å². The van der Waals surface area contributed by atoms with Gasteiger partial charge in [0.2, 0.25) is 6.20 Å². The number of esters is 1. The van der Waals surface area contributed by atoms with Gasteiger partial charge in [0.05, 0.1) is 12.0 Å². The van der Waals surface area contributed by atoms with Gasteiger partial charge in [-0.2, -0.15) is 0 Å². The van der Waals surface area contributed by atoms with E-state index in [0.717, 1.165) is 6.20 Å². The lowest BCUT2D eigenvalue weighted by molar-refractivity contribution is -0.400. The van der Waals surface area contributed by atoms with Gasteiger partial charge in [-0.25, -0.2) is 4.79 Å². The molecule has 0 N–H and O–H groups in total. The largest absolute Gasteiger partial charge is 0.481 e. The van der Waals surface area contributed by atoms with Crippen LogP contribution in [0.1, 0.15) is 5.56 Å². The Morgan fingerprint density at radius 2 is 2.18 bits per heavy atom. The summed E-state index contributed by atoms with van der Waals surface area (Å²) >= 11 is 0. The van der Waals surface area contributed by atoms with Gasteiger partial charge >= 0.3 is 5.97 Å². The quantitative estimate of drug-likeness (QED) is 0.440. The maximum Gasteiger partial charge on any atom is 0.343 e. The van der Waals surface area contributed by atoms with Crippen molar-refractivity contribution < 1.29 is 19.2 Å². The summed E-state index contributed by atoms with van der Waals surface area (Å²) < 4.78 is 9.59. The normalized spacial score (nSPS) is 10.2. The molecule has 0 saturated heterocycles. The van der Waals surface area contributed by atoms with Crippen LogP contribution in [-0.2, 0) is 9.53 Å². The summed E-state index contributed by atoms with van der Waals surface area (Å²) in [5.41, 5.74) is 0.521. The molecule has 0 aromatic heterocycles. The van der Waals surface area contributed by atoms with Gasteiger partial charge in [-0.1, -0.05) is 18.2 Å². The molecule has 0 aliphatic rings. The second-order valence-corrected chi connectivity index (χ2v) is 3.00. The monoisotopic (exact) mass is 237 g/mol. The van der Waals surface area contributed by atoms with Crippen molar-refractivity contribution in [1.82, 2.24) is 0 Å². The Balaban J connectivity index is 2.77. The van der Waals surface area contributed by atoms with E-state index in [1.165, 1.54) is 13.2 Å². The summed E-state index contributed by atoms with van der Waals surface area (Å²) in [6, 6.07) is 6.68. The number of carbonyl (C=O) groups is 1. The van der Waals surface area contributed by atoms with E-state index >= 15 is 0 Å². The van der Waals surface area contributed by atoms with Crippen molar-refractivity contribution in [3.63, 3.8) is 0 Å². The van der Waals surface area contributed by atoms with Crippen molar-refractivity contribution in [1.29, 1.82) is 0 Å². The van der Waals surface area contributed by atoms with Crippen LogP contribution in [0.3, 0.4) is 0 Å². The van der Waals surface area contributed by atoms with Crippen molar-refractivity contribution >= 4 is 12.0 Å². The van der Waals surface area contributed by atoms with Crippen LogP contribution < -0.4 is 4.74 Å². The first kappa shape index (κ1) is 12.7. The van der Waals surface area contributed by atoms with Crippen LogP contribution >= 0.6 is 0 Å². The summed E-state index contributed by atoms with van der Waals surface area (Å²) in [4.78, 5) is 20.5. The van der Waals surface area contributed by atoms with Gasteiger partial charge in [0.25, 0.3) is 0 Å². The highest BCUT2D eigenvalue weighted by atomic mass is 16.6. The minimum atomic E-state index is -0.572. The fraction of sp³-hybridized carbons (Fsp3) is 0.182. The van der Waals surface area contributed by atoms with Gasteiger partial charge in [0.15, 0.2) is 6.61 Å². The number of rotatable bonds is 5. The zero-order chi connectivity index (χ0) is 12.7. The van der Waals surface area contributed by atoms with Crippen LogP contribution in [0.15, 0.2) is 30.5 Å². The number of nitrogens with zero attached hydrogens (tertiary/aromatic N) is 1. The summed E-state index contributed by atoms with van der Waals surface area (Å²) in [7, 11) is 1.25. The van der Waals surface area contributed by atoms with Crippen LogP contribution in [0.2, 0.25) is 0 Å². The smallest absolute Gasteiger partial charge is 0.343 e. The Morgan fingerprint density at radius 1 is 1.47 bits per heavy atom. The molecule has 0 aliphatic heterocycles. The fourth-order valence-electron chi connectivity index (χ4n) is 1.09. The summed E-state index contributed by atoms with van der Waals surface area (Å²) in [5, 5.41) is 10.2. The number of para-hydroxylation sites is 1. The first-order chi connectivity index (χ1) is 8.13. The molecule has 0 atom stereocenters. The topological polar surface area (TPSA) is 78.7 Å². The number of benzene rings is 1. The summed E-state index contributed by atoms with van der Waals surface area (Å²) in [5.74, 6) is -0.131. The second-order valence-electron chi connectivity index (χ2n) is 3.00. The van der Waals surface area contributed by atoms with Gasteiger partial charge in [0.1, 0.15) is 5.75 Å². The third-order valence-corrected chi connectivity index (χ3v) is 1.87. The number of hydrogen-bond acceptors (Lipinski definition) is 5. The maximum atomic E-state index is 10.9. The molecule has 0 heterocycles. The molecule has 0 amide bonds. The van der Waals surface area contributed by atoms with Gasteiger partial charge in [0, 0.05) is 11.6 Å². The van der Waals surface area contributed by atoms with Crippen molar-refractivity contribution in [2.45, 2.75) is 0 Å². The SMILES string of the molecule is COC(=O)COc1ccccc1C=C[N+](=O)[O-]. The molecule has 0 aliphatic carbocycles. The number of carbonyl (C=O) groups excluding carboxylic acids is 1. The molecule has 0 fully saturated rings. The lowest BCUT2D eigenvalue weighted by atomic mass is 10.2. The predicted molar refractivity (Wildman–Crippen MR) is 60.0 cm³/mol. The molecule has 0 radical (unpaired) electrons. The van der Waals surface area contributed by atoms with E-state index in [-0.39, 0.29) is 6.61 Å². The van der Waals surface area contributed by atoms with Gasteiger partial charge in [-0.05, 0) is 6.07 Å². The first-order valence-corrected chi connectivity index (χ1v) is 4.74. The molecule has 6 heteroatoms. The highest BCUT2D eigenvalue weighted by molar-refractivity contribution is 5.71. The minimum absolute atomic E-state index is 0.236. The van der Waals surface area contributed by atoms with E-state index in [2.05, 4.69) is 4.74 Å². The number of methoxy groups -OCH3 is 1. The molecule has 90 valence electrons. The van der Waals surface area contributed by atoms with Crippen LogP contribution in [-0.4, -0.2) is 24.6 Å². The minimum Gasteiger partial charge on any atom is -0.481 e. The van der Waals surface area contributed by atoms with Gasteiger partial charge in [-0.3, -0.25) is 10.1 Å². The van der Waals surface area contributed by atoms with Crippen LogP contribution in [0.4, 0.5) is 0 Å².